The number of hydrogen-bond acceptors (Lipinski definition) is 4. The summed E-state index contributed by atoms with van der Waals surface area (Å²) in [6.07, 6.45) is 2.67. The normalized spacial score (nSPS) is 16.2. The highest BCUT2D eigenvalue weighted by Crippen LogP contribution is 2.36. The number of carbonyl (C=O) groups excluding carboxylic acids is 1. The molecule has 0 radical (unpaired) electrons. The van der Waals surface area contributed by atoms with E-state index in [0.717, 1.165) is 5.56 Å². The summed E-state index contributed by atoms with van der Waals surface area (Å²) in [5, 5.41) is 2.93. The van der Waals surface area contributed by atoms with Crippen molar-refractivity contribution in [3.8, 4) is 5.88 Å². The van der Waals surface area contributed by atoms with E-state index in [1.54, 1.807) is 30.5 Å². The van der Waals surface area contributed by atoms with Crippen molar-refractivity contribution < 1.29 is 18.7 Å². The smallest absolute Gasteiger partial charge is 0.235 e. The fourth-order valence-electron chi connectivity index (χ4n) is 3.07. The minimum Gasteiger partial charge on any atom is -0.478 e. The zero-order valence-corrected chi connectivity index (χ0v) is 14.1. The number of rotatable bonds is 5. The molecule has 1 fully saturated rings. The lowest BCUT2D eigenvalue weighted by Crippen LogP contribution is -2.44. The molecule has 1 aliphatic rings. The van der Waals surface area contributed by atoms with Gasteiger partial charge in [0.05, 0.1) is 23.9 Å². The molecule has 3 rings (SSSR count). The van der Waals surface area contributed by atoms with Crippen LogP contribution in [0.3, 0.4) is 0 Å². The Morgan fingerprint density at radius 3 is 2.56 bits per heavy atom. The third-order valence-electron chi connectivity index (χ3n) is 4.46. The van der Waals surface area contributed by atoms with Crippen LogP contribution in [0.1, 0.15) is 25.3 Å². The highest BCUT2D eigenvalue weighted by atomic mass is 19.1. The fraction of sp³-hybridized carbons (Fsp3) is 0.368. The second-order valence-electron chi connectivity index (χ2n) is 5.97. The molecule has 0 unspecified atom stereocenters. The molecule has 25 heavy (non-hydrogen) atoms. The van der Waals surface area contributed by atoms with E-state index in [1.165, 1.54) is 12.1 Å². The van der Waals surface area contributed by atoms with Gasteiger partial charge in [-0.05, 0) is 43.5 Å². The first-order valence-corrected chi connectivity index (χ1v) is 8.38. The van der Waals surface area contributed by atoms with Crippen LogP contribution in [0, 0.1) is 5.82 Å². The number of nitrogens with one attached hydrogen (secondary N) is 1. The largest absolute Gasteiger partial charge is 0.478 e. The molecule has 1 saturated heterocycles. The van der Waals surface area contributed by atoms with Gasteiger partial charge in [0.2, 0.25) is 11.8 Å². The predicted octanol–water partition coefficient (Wildman–Crippen LogP) is 3.31. The second kappa shape index (κ2) is 7.61. The Hall–Kier alpha value is -2.47. The van der Waals surface area contributed by atoms with Crippen LogP contribution in [-0.2, 0) is 14.9 Å². The average molecular weight is 344 g/mol. The number of anilines is 1. The first-order chi connectivity index (χ1) is 12.1. The molecule has 2 aromatic rings. The van der Waals surface area contributed by atoms with Crippen molar-refractivity contribution in [3.63, 3.8) is 0 Å². The van der Waals surface area contributed by atoms with E-state index in [2.05, 4.69) is 10.3 Å². The van der Waals surface area contributed by atoms with Crippen LogP contribution < -0.4 is 10.1 Å². The number of carbonyl (C=O) groups is 1. The van der Waals surface area contributed by atoms with Crippen LogP contribution in [-0.4, -0.2) is 30.7 Å². The summed E-state index contributed by atoms with van der Waals surface area (Å²) >= 11 is 0. The van der Waals surface area contributed by atoms with Crippen LogP contribution in [0.5, 0.6) is 5.88 Å². The maximum Gasteiger partial charge on any atom is 0.235 e. The molecule has 1 aliphatic heterocycles. The molecule has 132 valence electrons. The second-order valence-corrected chi connectivity index (χ2v) is 5.97. The summed E-state index contributed by atoms with van der Waals surface area (Å²) in [6.45, 7) is 3.40. The van der Waals surface area contributed by atoms with E-state index >= 15 is 0 Å². The number of pyridine rings is 1. The first kappa shape index (κ1) is 17.4. The number of hydrogen-bond donors (Lipinski definition) is 1. The van der Waals surface area contributed by atoms with Gasteiger partial charge < -0.3 is 14.8 Å². The molecular formula is C19H21FN2O3. The van der Waals surface area contributed by atoms with Crippen molar-refractivity contribution >= 4 is 11.6 Å². The Morgan fingerprint density at radius 1 is 1.24 bits per heavy atom. The predicted molar refractivity (Wildman–Crippen MR) is 92.2 cm³/mol. The minimum atomic E-state index is -0.732. The van der Waals surface area contributed by atoms with E-state index in [9.17, 15) is 9.18 Å². The van der Waals surface area contributed by atoms with Crippen LogP contribution in [0.25, 0.3) is 0 Å². The summed E-state index contributed by atoms with van der Waals surface area (Å²) in [5.74, 6) is 0.0651. The Balaban J connectivity index is 1.83. The standard InChI is InChI=1S/C19H21FN2O3/c1-2-25-17-8-7-16(13-21-17)22-18(23)19(9-11-24-12-10-19)14-3-5-15(20)6-4-14/h3-8,13H,2,9-12H2,1H3,(H,22,23). The van der Waals surface area contributed by atoms with Crippen molar-refractivity contribution in [3.05, 3.63) is 54.0 Å². The molecular weight excluding hydrogens is 323 g/mol. The molecule has 5 nitrogen and oxygen atoms in total. The number of ether oxygens (including phenoxy) is 2. The third-order valence-corrected chi connectivity index (χ3v) is 4.46. The molecule has 2 heterocycles. The highest BCUT2D eigenvalue weighted by Gasteiger charge is 2.41. The minimum absolute atomic E-state index is 0.131. The molecule has 0 aliphatic carbocycles. The van der Waals surface area contributed by atoms with Crippen LogP contribution in [0.15, 0.2) is 42.6 Å². The van der Waals surface area contributed by atoms with Gasteiger partial charge in [-0.1, -0.05) is 12.1 Å². The summed E-state index contributed by atoms with van der Waals surface area (Å²) < 4.78 is 24.0. The summed E-state index contributed by atoms with van der Waals surface area (Å²) in [7, 11) is 0. The van der Waals surface area contributed by atoms with E-state index in [4.69, 9.17) is 9.47 Å². The molecule has 0 spiro atoms. The Labute approximate surface area is 146 Å². The van der Waals surface area contributed by atoms with Crippen molar-refractivity contribution in [1.29, 1.82) is 0 Å². The van der Waals surface area contributed by atoms with Crippen LogP contribution >= 0.6 is 0 Å². The van der Waals surface area contributed by atoms with E-state index < -0.39 is 5.41 Å². The zero-order chi connectivity index (χ0) is 17.7. The average Bonchev–Trinajstić information content (AvgIpc) is 2.64. The molecule has 0 atom stereocenters. The van der Waals surface area contributed by atoms with Crippen molar-refractivity contribution in [1.82, 2.24) is 4.98 Å². The van der Waals surface area contributed by atoms with Gasteiger partial charge in [0.15, 0.2) is 0 Å². The molecule has 1 aromatic heterocycles. The van der Waals surface area contributed by atoms with Crippen LogP contribution in [0.2, 0.25) is 0 Å². The molecule has 6 heteroatoms. The van der Waals surface area contributed by atoms with Gasteiger partial charge in [0, 0.05) is 19.3 Å². The molecule has 1 aromatic carbocycles. The van der Waals surface area contributed by atoms with E-state index in [1.807, 2.05) is 6.92 Å². The van der Waals surface area contributed by atoms with Crippen molar-refractivity contribution in [2.75, 3.05) is 25.1 Å². The lowest BCUT2D eigenvalue weighted by molar-refractivity contribution is -0.125. The Bertz CT molecular complexity index is 710. The SMILES string of the molecule is CCOc1ccc(NC(=O)C2(c3ccc(F)cc3)CCOCC2)cn1. The maximum absolute atomic E-state index is 13.3. The van der Waals surface area contributed by atoms with Gasteiger partial charge in [-0.15, -0.1) is 0 Å². The van der Waals surface area contributed by atoms with Gasteiger partial charge in [0.1, 0.15) is 5.82 Å². The quantitative estimate of drug-likeness (QED) is 0.904. The van der Waals surface area contributed by atoms with Gasteiger partial charge in [0.25, 0.3) is 0 Å². The monoisotopic (exact) mass is 344 g/mol. The first-order valence-electron chi connectivity index (χ1n) is 8.38. The molecule has 1 N–H and O–H groups in total. The van der Waals surface area contributed by atoms with E-state index in [-0.39, 0.29) is 11.7 Å². The van der Waals surface area contributed by atoms with Crippen molar-refractivity contribution in [2.24, 2.45) is 0 Å². The summed E-state index contributed by atoms with van der Waals surface area (Å²) in [6, 6.07) is 9.60. The highest BCUT2D eigenvalue weighted by molar-refractivity contribution is 5.99. The number of aromatic nitrogens is 1. The summed E-state index contributed by atoms with van der Waals surface area (Å²) in [4.78, 5) is 17.2. The van der Waals surface area contributed by atoms with Gasteiger partial charge >= 0.3 is 0 Å². The van der Waals surface area contributed by atoms with Gasteiger partial charge in [-0.2, -0.15) is 0 Å². The van der Waals surface area contributed by atoms with Crippen LogP contribution in [0.4, 0.5) is 10.1 Å². The van der Waals surface area contributed by atoms with Gasteiger partial charge in [-0.25, -0.2) is 9.37 Å². The third kappa shape index (κ3) is 3.79. The molecule has 1 amide bonds. The fourth-order valence-corrected chi connectivity index (χ4v) is 3.07. The number of nitrogens with zero attached hydrogens (tertiary/aromatic N) is 1. The lowest BCUT2D eigenvalue weighted by Gasteiger charge is -2.36. The number of benzene rings is 1. The molecule has 0 bridgehead atoms. The number of halogens is 1. The maximum atomic E-state index is 13.3. The van der Waals surface area contributed by atoms with Crippen molar-refractivity contribution in [2.45, 2.75) is 25.2 Å². The van der Waals surface area contributed by atoms with Gasteiger partial charge in [-0.3, -0.25) is 4.79 Å². The molecule has 0 saturated carbocycles. The zero-order valence-electron chi connectivity index (χ0n) is 14.1. The Kier molecular flexibility index (Phi) is 5.28. The van der Waals surface area contributed by atoms with E-state index in [0.29, 0.717) is 44.2 Å². The lowest BCUT2D eigenvalue weighted by atomic mass is 9.73. The number of amides is 1. The summed E-state index contributed by atoms with van der Waals surface area (Å²) in [5.41, 5.74) is 0.667. The topological polar surface area (TPSA) is 60.5 Å². The Morgan fingerprint density at radius 2 is 1.96 bits per heavy atom.